The van der Waals surface area contributed by atoms with Crippen LogP contribution >= 0.6 is 0 Å². The van der Waals surface area contributed by atoms with Crippen LogP contribution in [-0.4, -0.2) is 47.7 Å². The third-order valence-electron chi connectivity index (χ3n) is 3.33. The van der Waals surface area contributed by atoms with Crippen molar-refractivity contribution in [3.63, 3.8) is 0 Å². The molecular weight excluding hydrogens is 258 g/mol. The summed E-state index contributed by atoms with van der Waals surface area (Å²) in [5.74, 6) is 0. The summed E-state index contributed by atoms with van der Waals surface area (Å²) in [7, 11) is 0. The number of nitrogens with one attached hydrogen (secondary N) is 1. The Morgan fingerprint density at radius 3 is 2.40 bits per heavy atom. The van der Waals surface area contributed by atoms with E-state index in [0.717, 1.165) is 26.2 Å². The van der Waals surface area contributed by atoms with Crippen LogP contribution in [0.5, 0.6) is 0 Å². The molecule has 0 fully saturated rings. The van der Waals surface area contributed by atoms with Gasteiger partial charge in [0.05, 0.1) is 11.0 Å². The number of hydrogen-bond acceptors (Lipinski definition) is 5. The number of rotatable bonds is 9. The summed E-state index contributed by atoms with van der Waals surface area (Å²) in [4.78, 5) is 12.4. The van der Waals surface area contributed by atoms with Crippen molar-refractivity contribution in [2.24, 2.45) is 0 Å². The minimum atomic E-state index is -0.646. The van der Waals surface area contributed by atoms with E-state index in [1.165, 1.54) is 12.1 Å². The summed E-state index contributed by atoms with van der Waals surface area (Å²) >= 11 is 0. The standard InChI is InChI=1S/C14H23N3O3/c1-3-16(4-2)10-9-15-11-14(18)12-5-7-13(8-6-12)17(19)20/h5-8,14-15,18H,3-4,9-11H2,1-2H3. The van der Waals surface area contributed by atoms with Gasteiger partial charge < -0.3 is 15.3 Å². The zero-order valence-corrected chi connectivity index (χ0v) is 12.1. The summed E-state index contributed by atoms with van der Waals surface area (Å²) in [5, 5.41) is 23.7. The molecule has 6 nitrogen and oxygen atoms in total. The fraction of sp³-hybridized carbons (Fsp3) is 0.571. The number of aliphatic hydroxyl groups is 1. The topological polar surface area (TPSA) is 78.6 Å². The Hall–Kier alpha value is -1.50. The molecule has 1 atom stereocenters. The van der Waals surface area contributed by atoms with Gasteiger partial charge in [0.25, 0.3) is 5.69 Å². The summed E-state index contributed by atoms with van der Waals surface area (Å²) in [6.45, 7) is 8.47. The number of nitro benzene ring substituents is 1. The van der Waals surface area contributed by atoms with Crippen LogP contribution in [0.15, 0.2) is 24.3 Å². The van der Waals surface area contributed by atoms with Gasteiger partial charge in [-0.25, -0.2) is 0 Å². The number of nitro groups is 1. The summed E-state index contributed by atoms with van der Waals surface area (Å²) in [6, 6.07) is 6.01. The normalized spacial score (nSPS) is 12.6. The molecule has 0 bridgehead atoms. The second kappa shape index (κ2) is 8.63. The van der Waals surface area contributed by atoms with Gasteiger partial charge in [-0.2, -0.15) is 0 Å². The first-order valence-corrected chi connectivity index (χ1v) is 6.94. The Labute approximate surface area is 119 Å². The fourth-order valence-corrected chi connectivity index (χ4v) is 1.95. The molecule has 0 heterocycles. The number of aliphatic hydroxyl groups excluding tert-OH is 1. The van der Waals surface area contributed by atoms with E-state index in [1.54, 1.807) is 12.1 Å². The lowest BCUT2D eigenvalue weighted by Gasteiger charge is -2.19. The first-order valence-electron chi connectivity index (χ1n) is 6.94. The number of hydrogen-bond donors (Lipinski definition) is 2. The van der Waals surface area contributed by atoms with Crippen LogP contribution in [-0.2, 0) is 0 Å². The second-order valence-electron chi connectivity index (χ2n) is 4.60. The Balaban J connectivity index is 2.35. The molecule has 0 aromatic heterocycles. The monoisotopic (exact) mass is 281 g/mol. The van der Waals surface area contributed by atoms with Crippen LogP contribution in [0.25, 0.3) is 0 Å². The minimum absolute atomic E-state index is 0.0374. The van der Waals surface area contributed by atoms with Gasteiger partial charge in [0.1, 0.15) is 0 Å². The van der Waals surface area contributed by atoms with Gasteiger partial charge in [-0.05, 0) is 30.8 Å². The van der Waals surface area contributed by atoms with Gasteiger partial charge in [0, 0.05) is 31.8 Å². The van der Waals surface area contributed by atoms with Gasteiger partial charge in [-0.3, -0.25) is 10.1 Å². The smallest absolute Gasteiger partial charge is 0.269 e. The van der Waals surface area contributed by atoms with Crippen molar-refractivity contribution in [3.8, 4) is 0 Å². The van der Waals surface area contributed by atoms with Crippen LogP contribution in [0.3, 0.4) is 0 Å². The first-order chi connectivity index (χ1) is 9.58. The lowest BCUT2D eigenvalue weighted by atomic mass is 10.1. The molecule has 2 N–H and O–H groups in total. The van der Waals surface area contributed by atoms with E-state index in [4.69, 9.17) is 0 Å². The van der Waals surface area contributed by atoms with Crippen molar-refractivity contribution in [1.82, 2.24) is 10.2 Å². The van der Waals surface area contributed by atoms with Crippen molar-refractivity contribution >= 4 is 5.69 Å². The highest BCUT2D eigenvalue weighted by Gasteiger charge is 2.10. The fourth-order valence-electron chi connectivity index (χ4n) is 1.95. The summed E-state index contributed by atoms with van der Waals surface area (Å²) in [6.07, 6.45) is -0.646. The van der Waals surface area contributed by atoms with E-state index >= 15 is 0 Å². The first kappa shape index (κ1) is 16.6. The highest BCUT2D eigenvalue weighted by Crippen LogP contribution is 2.17. The van der Waals surface area contributed by atoms with E-state index in [-0.39, 0.29) is 5.69 Å². The van der Waals surface area contributed by atoms with Crippen LogP contribution in [0.4, 0.5) is 5.69 Å². The lowest BCUT2D eigenvalue weighted by Crippen LogP contribution is -2.33. The molecule has 0 amide bonds. The van der Waals surface area contributed by atoms with Gasteiger partial charge in [-0.1, -0.05) is 13.8 Å². The molecule has 1 aromatic carbocycles. The molecule has 0 radical (unpaired) electrons. The number of likely N-dealkylation sites (N-methyl/N-ethyl adjacent to an activating group) is 1. The van der Waals surface area contributed by atoms with Crippen molar-refractivity contribution < 1.29 is 10.0 Å². The molecule has 112 valence electrons. The Kier molecular flexibility index (Phi) is 7.14. The van der Waals surface area contributed by atoms with E-state index < -0.39 is 11.0 Å². The van der Waals surface area contributed by atoms with Crippen LogP contribution < -0.4 is 5.32 Å². The Bertz CT molecular complexity index is 405. The molecule has 0 aliphatic rings. The number of nitrogens with zero attached hydrogens (tertiary/aromatic N) is 2. The molecule has 20 heavy (non-hydrogen) atoms. The van der Waals surface area contributed by atoms with Gasteiger partial charge in [0.15, 0.2) is 0 Å². The third-order valence-corrected chi connectivity index (χ3v) is 3.33. The second-order valence-corrected chi connectivity index (χ2v) is 4.60. The average Bonchev–Trinajstić information content (AvgIpc) is 2.47. The van der Waals surface area contributed by atoms with E-state index in [1.807, 2.05) is 0 Å². The predicted octanol–water partition coefficient (Wildman–Crippen LogP) is 1.56. The quantitative estimate of drug-likeness (QED) is 0.408. The molecule has 0 aliphatic carbocycles. The van der Waals surface area contributed by atoms with Crippen molar-refractivity contribution in [2.75, 3.05) is 32.7 Å². The van der Waals surface area contributed by atoms with E-state index in [0.29, 0.717) is 12.1 Å². The molecule has 0 spiro atoms. The molecule has 0 saturated carbocycles. The SMILES string of the molecule is CCN(CC)CCNCC(O)c1ccc([N+](=O)[O-])cc1. The maximum atomic E-state index is 10.5. The highest BCUT2D eigenvalue weighted by atomic mass is 16.6. The lowest BCUT2D eigenvalue weighted by molar-refractivity contribution is -0.384. The van der Waals surface area contributed by atoms with Crippen LogP contribution in [0.2, 0.25) is 0 Å². The van der Waals surface area contributed by atoms with E-state index in [9.17, 15) is 15.2 Å². The zero-order chi connectivity index (χ0) is 15.0. The van der Waals surface area contributed by atoms with Crippen LogP contribution in [0.1, 0.15) is 25.5 Å². The third kappa shape index (κ3) is 5.24. The van der Waals surface area contributed by atoms with Crippen molar-refractivity contribution in [1.29, 1.82) is 0 Å². The molecule has 6 heteroatoms. The van der Waals surface area contributed by atoms with Gasteiger partial charge >= 0.3 is 0 Å². The highest BCUT2D eigenvalue weighted by molar-refractivity contribution is 5.33. The number of benzene rings is 1. The average molecular weight is 281 g/mol. The van der Waals surface area contributed by atoms with E-state index in [2.05, 4.69) is 24.1 Å². The molecule has 1 aromatic rings. The maximum Gasteiger partial charge on any atom is 0.269 e. The molecule has 0 aliphatic heterocycles. The maximum absolute atomic E-state index is 10.5. The van der Waals surface area contributed by atoms with Crippen molar-refractivity contribution in [3.05, 3.63) is 39.9 Å². The Morgan fingerprint density at radius 2 is 1.90 bits per heavy atom. The molecule has 1 rings (SSSR count). The Morgan fingerprint density at radius 1 is 1.30 bits per heavy atom. The molecular formula is C14H23N3O3. The molecule has 1 unspecified atom stereocenters. The minimum Gasteiger partial charge on any atom is -0.387 e. The van der Waals surface area contributed by atoms with Gasteiger partial charge in [-0.15, -0.1) is 0 Å². The molecule has 0 saturated heterocycles. The predicted molar refractivity (Wildman–Crippen MR) is 78.7 cm³/mol. The summed E-state index contributed by atoms with van der Waals surface area (Å²) < 4.78 is 0. The number of non-ortho nitro benzene ring substituents is 1. The summed E-state index contributed by atoms with van der Waals surface area (Å²) in [5.41, 5.74) is 0.724. The van der Waals surface area contributed by atoms with Crippen molar-refractivity contribution in [2.45, 2.75) is 20.0 Å². The van der Waals surface area contributed by atoms with Gasteiger partial charge in [0.2, 0.25) is 0 Å². The van der Waals surface area contributed by atoms with Crippen LogP contribution in [0, 0.1) is 10.1 Å². The largest absolute Gasteiger partial charge is 0.387 e. The zero-order valence-electron chi connectivity index (χ0n) is 12.1.